The third kappa shape index (κ3) is 5.51. The van der Waals surface area contributed by atoms with Crippen LogP contribution in [-0.4, -0.2) is 21.9 Å². The molecule has 0 aliphatic carbocycles. The molecule has 1 aromatic heterocycles. The summed E-state index contributed by atoms with van der Waals surface area (Å²) in [5, 5.41) is 3.99. The van der Waals surface area contributed by atoms with Gasteiger partial charge in [0.25, 0.3) is 10.1 Å². The van der Waals surface area contributed by atoms with Crippen molar-refractivity contribution in [3.05, 3.63) is 47.3 Å². The molecule has 0 amide bonds. The summed E-state index contributed by atoms with van der Waals surface area (Å²) in [7, 11) is -5.79. The van der Waals surface area contributed by atoms with Crippen molar-refractivity contribution < 1.29 is 21.5 Å². The molecule has 0 saturated carbocycles. The first-order valence-electron chi connectivity index (χ1n) is 8.91. The van der Waals surface area contributed by atoms with Crippen molar-refractivity contribution in [3.8, 4) is 0 Å². The second kappa shape index (κ2) is 7.87. The van der Waals surface area contributed by atoms with Crippen LogP contribution in [0.4, 0.5) is 0 Å². The number of aryl methyl sites for hydroxylation is 1. The van der Waals surface area contributed by atoms with Crippen LogP contribution in [0.1, 0.15) is 50.8 Å². The highest BCUT2D eigenvalue weighted by Gasteiger charge is 2.39. The van der Waals surface area contributed by atoms with Crippen molar-refractivity contribution in [1.29, 1.82) is 0 Å². The van der Waals surface area contributed by atoms with Gasteiger partial charge in [0.05, 0.1) is 4.90 Å². The standard InChI is InChI=1S/C19H29NO5SSi/c1-14-8-10-17(11-9-14)26(21,22)23-13-16-12-18(24-20-16)15(2)25-27(6,7)19(3,4)5/h8-12,15H,13H2,1-7H3. The van der Waals surface area contributed by atoms with Crippen LogP contribution in [0, 0.1) is 6.92 Å². The molecule has 0 bridgehead atoms. The maximum atomic E-state index is 12.3. The molecular weight excluding hydrogens is 382 g/mol. The van der Waals surface area contributed by atoms with Gasteiger partial charge in [-0.1, -0.05) is 43.6 Å². The fourth-order valence-electron chi connectivity index (χ4n) is 2.18. The molecule has 2 aromatic rings. The van der Waals surface area contributed by atoms with Crippen LogP contribution in [0.15, 0.2) is 39.8 Å². The second-order valence-corrected chi connectivity index (χ2v) is 14.6. The van der Waals surface area contributed by atoms with E-state index >= 15 is 0 Å². The molecule has 1 heterocycles. The van der Waals surface area contributed by atoms with E-state index in [1.54, 1.807) is 18.2 Å². The summed E-state index contributed by atoms with van der Waals surface area (Å²) in [5.74, 6) is 0.561. The summed E-state index contributed by atoms with van der Waals surface area (Å²) in [6, 6.07) is 8.18. The molecule has 0 radical (unpaired) electrons. The third-order valence-corrected chi connectivity index (χ3v) is 10.8. The maximum Gasteiger partial charge on any atom is 0.297 e. The Bertz CT molecular complexity index is 866. The summed E-state index contributed by atoms with van der Waals surface area (Å²) in [5.41, 5.74) is 1.39. The van der Waals surface area contributed by atoms with Gasteiger partial charge in [0.15, 0.2) is 14.1 Å². The topological polar surface area (TPSA) is 78.6 Å². The summed E-state index contributed by atoms with van der Waals surface area (Å²) in [6.07, 6.45) is -0.263. The molecular formula is C19H29NO5SSi. The zero-order chi connectivity index (χ0) is 20.5. The summed E-state index contributed by atoms with van der Waals surface area (Å²) < 4.78 is 41.2. The van der Waals surface area contributed by atoms with Crippen LogP contribution < -0.4 is 0 Å². The van der Waals surface area contributed by atoms with E-state index in [-0.39, 0.29) is 22.6 Å². The third-order valence-electron chi connectivity index (χ3n) is 4.93. The molecule has 0 aliphatic rings. The molecule has 0 fully saturated rings. The fraction of sp³-hybridized carbons (Fsp3) is 0.526. The van der Waals surface area contributed by atoms with Crippen LogP contribution in [0.5, 0.6) is 0 Å². The van der Waals surface area contributed by atoms with Crippen LogP contribution in [-0.2, 0) is 25.3 Å². The Labute approximate surface area is 163 Å². The molecule has 1 unspecified atom stereocenters. The normalized spacial score (nSPS) is 14.3. The first-order valence-corrected chi connectivity index (χ1v) is 13.2. The van der Waals surface area contributed by atoms with E-state index in [0.29, 0.717) is 11.5 Å². The van der Waals surface area contributed by atoms with E-state index < -0.39 is 18.4 Å². The van der Waals surface area contributed by atoms with Crippen LogP contribution in [0.2, 0.25) is 18.1 Å². The van der Waals surface area contributed by atoms with Gasteiger partial charge < -0.3 is 8.95 Å². The van der Waals surface area contributed by atoms with Crippen LogP contribution in [0.3, 0.4) is 0 Å². The number of benzene rings is 1. The number of hydrogen-bond acceptors (Lipinski definition) is 6. The number of nitrogens with zero attached hydrogens (tertiary/aromatic N) is 1. The Morgan fingerprint density at radius 2 is 1.78 bits per heavy atom. The molecule has 1 atom stereocenters. The Kier molecular flexibility index (Phi) is 6.36. The van der Waals surface area contributed by atoms with Gasteiger partial charge in [0, 0.05) is 6.07 Å². The first kappa shape index (κ1) is 21.8. The number of rotatable bonds is 7. The van der Waals surface area contributed by atoms with E-state index in [0.717, 1.165) is 5.56 Å². The second-order valence-electron chi connectivity index (χ2n) is 8.27. The molecule has 0 aliphatic heterocycles. The summed E-state index contributed by atoms with van der Waals surface area (Å²) >= 11 is 0. The summed E-state index contributed by atoms with van der Waals surface area (Å²) in [4.78, 5) is 0.117. The fourth-order valence-corrected chi connectivity index (χ4v) is 4.41. The SMILES string of the molecule is Cc1ccc(S(=O)(=O)OCc2cc(C(C)O[Si](C)(C)C(C)(C)C)on2)cc1. The zero-order valence-electron chi connectivity index (χ0n) is 17.1. The molecule has 0 N–H and O–H groups in total. The average molecular weight is 412 g/mol. The Morgan fingerprint density at radius 3 is 2.33 bits per heavy atom. The average Bonchev–Trinajstić information content (AvgIpc) is 3.01. The molecule has 27 heavy (non-hydrogen) atoms. The minimum Gasteiger partial charge on any atom is -0.407 e. The van der Waals surface area contributed by atoms with Gasteiger partial charge >= 0.3 is 0 Å². The number of aromatic nitrogens is 1. The highest BCUT2D eigenvalue weighted by Crippen LogP contribution is 2.39. The largest absolute Gasteiger partial charge is 0.407 e. The summed E-state index contributed by atoms with van der Waals surface area (Å²) in [6.45, 7) is 14.4. The van der Waals surface area contributed by atoms with Crippen molar-refractivity contribution in [2.75, 3.05) is 0 Å². The lowest BCUT2D eigenvalue weighted by molar-refractivity contribution is 0.163. The lowest BCUT2D eigenvalue weighted by Gasteiger charge is -2.37. The number of hydrogen-bond donors (Lipinski definition) is 0. The van der Waals surface area contributed by atoms with Gasteiger partial charge in [-0.3, -0.25) is 4.18 Å². The predicted molar refractivity (Wildman–Crippen MR) is 106 cm³/mol. The van der Waals surface area contributed by atoms with Gasteiger partial charge in [-0.2, -0.15) is 8.42 Å². The van der Waals surface area contributed by atoms with Gasteiger partial charge in [-0.05, 0) is 44.1 Å². The Balaban J connectivity index is 2.02. The smallest absolute Gasteiger partial charge is 0.297 e. The molecule has 2 rings (SSSR count). The molecule has 1 aromatic carbocycles. The molecule has 0 spiro atoms. The van der Waals surface area contributed by atoms with Crippen molar-refractivity contribution in [3.63, 3.8) is 0 Å². The van der Waals surface area contributed by atoms with Crippen molar-refractivity contribution in [2.45, 2.75) is 70.4 Å². The van der Waals surface area contributed by atoms with E-state index in [1.165, 1.54) is 12.1 Å². The van der Waals surface area contributed by atoms with Gasteiger partial charge in [0.2, 0.25) is 0 Å². The molecule has 0 saturated heterocycles. The Morgan fingerprint density at radius 1 is 1.19 bits per heavy atom. The quantitative estimate of drug-likeness (QED) is 0.473. The lowest BCUT2D eigenvalue weighted by Crippen LogP contribution is -2.41. The predicted octanol–water partition coefficient (Wildman–Crippen LogP) is 4.97. The van der Waals surface area contributed by atoms with Crippen LogP contribution >= 0.6 is 0 Å². The monoisotopic (exact) mass is 411 g/mol. The van der Waals surface area contributed by atoms with Crippen molar-refractivity contribution in [2.24, 2.45) is 0 Å². The molecule has 150 valence electrons. The minimum absolute atomic E-state index is 0.0787. The molecule has 6 nitrogen and oxygen atoms in total. The molecule has 8 heteroatoms. The maximum absolute atomic E-state index is 12.3. The first-order chi connectivity index (χ1) is 12.3. The van der Waals surface area contributed by atoms with E-state index in [4.69, 9.17) is 13.1 Å². The highest BCUT2D eigenvalue weighted by molar-refractivity contribution is 7.86. The lowest BCUT2D eigenvalue weighted by atomic mass is 10.2. The van der Waals surface area contributed by atoms with Gasteiger partial charge in [-0.25, -0.2) is 0 Å². The van der Waals surface area contributed by atoms with Gasteiger partial charge in [-0.15, -0.1) is 0 Å². The van der Waals surface area contributed by atoms with Crippen molar-refractivity contribution in [1.82, 2.24) is 5.16 Å². The van der Waals surface area contributed by atoms with Crippen LogP contribution in [0.25, 0.3) is 0 Å². The van der Waals surface area contributed by atoms with Gasteiger partial charge in [0.1, 0.15) is 18.4 Å². The van der Waals surface area contributed by atoms with E-state index in [9.17, 15) is 8.42 Å². The van der Waals surface area contributed by atoms with Crippen molar-refractivity contribution >= 4 is 18.4 Å². The minimum atomic E-state index is -3.84. The highest BCUT2D eigenvalue weighted by atomic mass is 32.2. The van der Waals surface area contributed by atoms with E-state index in [1.807, 2.05) is 13.8 Å². The van der Waals surface area contributed by atoms with E-state index in [2.05, 4.69) is 39.0 Å². The zero-order valence-corrected chi connectivity index (χ0v) is 18.9. The Hall–Kier alpha value is -1.48.